The van der Waals surface area contributed by atoms with Gasteiger partial charge in [0.2, 0.25) is 5.91 Å². The number of halogens is 2. The molecule has 0 atom stereocenters. The molecule has 0 saturated heterocycles. The van der Waals surface area contributed by atoms with E-state index in [4.69, 9.17) is 11.6 Å². The van der Waals surface area contributed by atoms with E-state index in [0.717, 1.165) is 18.0 Å². The number of nitrogens with one attached hydrogen (secondary N) is 2. The molecular weight excluding hydrogens is 335 g/mol. The van der Waals surface area contributed by atoms with Crippen LogP contribution in [-0.2, 0) is 11.3 Å². The van der Waals surface area contributed by atoms with E-state index in [1.54, 1.807) is 16.9 Å². The zero-order chi connectivity index (χ0) is 15.4. The zero-order valence-electron chi connectivity index (χ0n) is 12.7. The number of aromatic nitrogens is 2. The molecule has 23 heavy (non-hydrogen) atoms. The van der Waals surface area contributed by atoms with E-state index in [9.17, 15) is 4.79 Å². The monoisotopic (exact) mass is 354 g/mol. The third-order valence-electron chi connectivity index (χ3n) is 3.65. The molecule has 1 heterocycles. The number of hydrogen-bond acceptors (Lipinski definition) is 3. The summed E-state index contributed by atoms with van der Waals surface area (Å²) in [5.74, 6) is 1.43. The first kappa shape index (κ1) is 17.8. The van der Waals surface area contributed by atoms with Gasteiger partial charge in [-0.15, -0.1) is 12.4 Å². The molecule has 1 aromatic carbocycles. The molecule has 124 valence electrons. The molecule has 1 aliphatic carbocycles. The topological polar surface area (TPSA) is 59.0 Å². The maximum atomic E-state index is 11.9. The van der Waals surface area contributed by atoms with Crippen LogP contribution in [-0.4, -0.2) is 28.8 Å². The van der Waals surface area contributed by atoms with E-state index in [2.05, 4.69) is 15.7 Å². The summed E-state index contributed by atoms with van der Waals surface area (Å²) in [6, 6.07) is 9.40. The predicted octanol–water partition coefficient (Wildman–Crippen LogP) is 2.94. The molecule has 1 saturated carbocycles. The number of anilines is 1. The van der Waals surface area contributed by atoms with Crippen molar-refractivity contribution in [3.05, 3.63) is 47.1 Å². The molecule has 7 heteroatoms. The van der Waals surface area contributed by atoms with Gasteiger partial charge in [0, 0.05) is 11.1 Å². The lowest BCUT2D eigenvalue weighted by atomic mass is 10.2. The largest absolute Gasteiger partial charge is 0.310 e. The normalized spacial score (nSPS) is 13.4. The van der Waals surface area contributed by atoms with Crippen molar-refractivity contribution < 1.29 is 4.79 Å². The molecule has 2 aromatic rings. The Bertz CT molecular complexity index is 638. The van der Waals surface area contributed by atoms with Crippen LogP contribution in [0.4, 0.5) is 5.82 Å². The van der Waals surface area contributed by atoms with Gasteiger partial charge >= 0.3 is 0 Å². The van der Waals surface area contributed by atoms with Crippen molar-refractivity contribution in [1.82, 2.24) is 15.1 Å². The van der Waals surface area contributed by atoms with Gasteiger partial charge in [-0.1, -0.05) is 23.7 Å². The van der Waals surface area contributed by atoms with Crippen LogP contribution >= 0.6 is 24.0 Å². The minimum absolute atomic E-state index is 0. The van der Waals surface area contributed by atoms with E-state index in [-0.39, 0.29) is 18.3 Å². The Morgan fingerprint density at radius 2 is 2.00 bits per heavy atom. The second kappa shape index (κ2) is 8.34. The molecule has 0 radical (unpaired) electrons. The Morgan fingerprint density at radius 3 is 2.70 bits per heavy atom. The number of carbonyl (C=O) groups excluding carboxylic acids is 1. The van der Waals surface area contributed by atoms with Gasteiger partial charge in [-0.25, -0.2) is 4.68 Å². The van der Waals surface area contributed by atoms with Crippen molar-refractivity contribution in [3.8, 4) is 0 Å². The average molecular weight is 355 g/mol. The van der Waals surface area contributed by atoms with Gasteiger partial charge in [0.15, 0.2) is 0 Å². The van der Waals surface area contributed by atoms with Crippen LogP contribution in [0, 0.1) is 5.92 Å². The number of benzene rings is 1. The summed E-state index contributed by atoms with van der Waals surface area (Å²) in [5.41, 5.74) is 1.08. The highest BCUT2D eigenvalue weighted by Gasteiger charge is 2.20. The van der Waals surface area contributed by atoms with Crippen molar-refractivity contribution in [2.45, 2.75) is 19.4 Å². The van der Waals surface area contributed by atoms with E-state index >= 15 is 0 Å². The van der Waals surface area contributed by atoms with Crippen LogP contribution in [0.1, 0.15) is 18.4 Å². The van der Waals surface area contributed by atoms with Crippen molar-refractivity contribution in [2.75, 3.05) is 18.4 Å². The van der Waals surface area contributed by atoms with Gasteiger partial charge in [-0.2, -0.15) is 5.10 Å². The molecule has 0 aliphatic heterocycles. The van der Waals surface area contributed by atoms with Gasteiger partial charge in [-0.05, 0) is 43.0 Å². The highest BCUT2D eigenvalue weighted by atomic mass is 35.5. The molecule has 1 aromatic heterocycles. The number of nitrogens with zero attached hydrogens (tertiary/aromatic N) is 2. The maximum Gasteiger partial charge on any atom is 0.239 e. The van der Waals surface area contributed by atoms with Crippen molar-refractivity contribution in [2.24, 2.45) is 5.92 Å². The average Bonchev–Trinajstić information content (AvgIpc) is 3.23. The van der Waals surface area contributed by atoms with E-state index in [1.807, 2.05) is 24.3 Å². The number of hydrogen-bond donors (Lipinski definition) is 2. The summed E-state index contributed by atoms with van der Waals surface area (Å²) in [5, 5.41) is 11.0. The molecular formula is C16H20Cl2N4O. The second-order valence-electron chi connectivity index (χ2n) is 5.62. The summed E-state index contributed by atoms with van der Waals surface area (Å²) in [6.07, 6.45) is 4.24. The van der Waals surface area contributed by atoms with Crippen LogP contribution in [0.2, 0.25) is 5.02 Å². The molecule has 0 unspecified atom stereocenters. The first-order valence-corrected chi connectivity index (χ1v) is 7.85. The fourth-order valence-electron chi connectivity index (χ4n) is 2.23. The Morgan fingerprint density at radius 1 is 1.26 bits per heavy atom. The Kier molecular flexibility index (Phi) is 6.45. The molecule has 1 aliphatic rings. The van der Waals surface area contributed by atoms with Crippen LogP contribution < -0.4 is 10.6 Å². The Labute approximate surface area is 146 Å². The smallest absolute Gasteiger partial charge is 0.239 e. The van der Waals surface area contributed by atoms with E-state index < -0.39 is 0 Å². The summed E-state index contributed by atoms with van der Waals surface area (Å²) in [6.45, 7) is 1.86. The summed E-state index contributed by atoms with van der Waals surface area (Å²) in [7, 11) is 0. The number of amides is 1. The Hall–Kier alpha value is -1.56. The van der Waals surface area contributed by atoms with Crippen molar-refractivity contribution in [1.29, 1.82) is 0 Å². The standard InChI is InChI=1S/C16H19ClN4O.ClH/c17-14-5-3-13(4-6-14)11-21-15(7-8-19-21)20-16(22)10-18-9-12-1-2-12;/h3-8,12,18H,1-2,9-11H2,(H,20,22);1H. The molecule has 0 bridgehead atoms. The predicted molar refractivity (Wildman–Crippen MR) is 94.3 cm³/mol. The first-order valence-electron chi connectivity index (χ1n) is 7.47. The number of carbonyl (C=O) groups is 1. The molecule has 1 fully saturated rings. The quantitative estimate of drug-likeness (QED) is 0.803. The lowest BCUT2D eigenvalue weighted by Crippen LogP contribution is -2.30. The van der Waals surface area contributed by atoms with Crippen LogP contribution in [0.3, 0.4) is 0 Å². The fraction of sp³-hybridized carbons (Fsp3) is 0.375. The van der Waals surface area contributed by atoms with Gasteiger partial charge in [0.25, 0.3) is 0 Å². The summed E-state index contributed by atoms with van der Waals surface area (Å²) in [4.78, 5) is 11.9. The lowest BCUT2D eigenvalue weighted by molar-refractivity contribution is -0.115. The van der Waals surface area contributed by atoms with Crippen LogP contribution in [0.25, 0.3) is 0 Å². The van der Waals surface area contributed by atoms with Gasteiger partial charge in [-0.3, -0.25) is 4.79 Å². The minimum atomic E-state index is -0.0430. The molecule has 2 N–H and O–H groups in total. The maximum absolute atomic E-state index is 11.9. The summed E-state index contributed by atoms with van der Waals surface area (Å²) >= 11 is 5.88. The second-order valence-corrected chi connectivity index (χ2v) is 6.06. The SMILES string of the molecule is Cl.O=C(CNCC1CC1)Nc1ccnn1Cc1ccc(Cl)cc1. The fourth-order valence-corrected chi connectivity index (χ4v) is 2.35. The van der Waals surface area contributed by atoms with Crippen molar-refractivity contribution in [3.63, 3.8) is 0 Å². The van der Waals surface area contributed by atoms with Gasteiger partial charge in [0.05, 0.1) is 19.3 Å². The van der Waals surface area contributed by atoms with Crippen LogP contribution in [0.15, 0.2) is 36.5 Å². The Balaban J connectivity index is 0.00000192. The summed E-state index contributed by atoms with van der Waals surface area (Å²) < 4.78 is 1.77. The van der Waals surface area contributed by atoms with Crippen LogP contribution in [0.5, 0.6) is 0 Å². The highest BCUT2D eigenvalue weighted by molar-refractivity contribution is 6.30. The zero-order valence-corrected chi connectivity index (χ0v) is 14.2. The lowest BCUT2D eigenvalue weighted by Gasteiger charge is -2.10. The molecule has 0 spiro atoms. The third-order valence-corrected chi connectivity index (χ3v) is 3.90. The molecule has 5 nitrogen and oxygen atoms in total. The molecule has 1 amide bonds. The van der Waals surface area contributed by atoms with Gasteiger partial charge < -0.3 is 10.6 Å². The minimum Gasteiger partial charge on any atom is -0.310 e. The van der Waals surface area contributed by atoms with E-state index in [0.29, 0.717) is 23.9 Å². The molecule has 3 rings (SSSR count). The number of rotatable bonds is 7. The first-order chi connectivity index (χ1) is 10.7. The van der Waals surface area contributed by atoms with E-state index in [1.165, 1.54) is 12.8 Å². The third kappa shape index (κ3) is 5.53. The van der Waals surface area contributed by atoms with Crippen molar-refractivity contribution >= 4 is 35.7 Å². The highest BCUT2D eigenvalue weighted by Crippen LogP contribution is 2.27. The van der Waals surface area contributed by atoms with Gasteiger partial charge in [0.1, 0.15) is 5.82 Å².